The number of hydrogen-bond acceptors (Lipinski definition) is 13. The molecule has 0 radical (unpaired) electrons. The van der Waals surface area contributed by atoms with Crippen molar-refractivity contribution in [1.82, 2.24) is 39.7 Å². The largest absolute Gasteiger partial charge is 0.496 e. The minimum Gasteiger partial charge on any atom is -0.496 e. The zero-order chi connectivity index (χ0) is 40.9. The van der Waals surface area contributed by atoms with Gasteiger partial charge in [-0.05, 0) is 66.6 Å². The lowest BCUT2D eigenvalue weighted by Crippen LogP contribution is -2.54. The molecular weight excluding hydrogens is 759 g/mol. The Morgan fingerprint density at radius 1 is 0.847 bits per heavy atom. The third-order valence-corrected chi connectivity index (χ3v) is 11.9. The maximum absolute atomic E-state index is 13.3. The number of aromatic nitrogens is 5. The molecule has 3 aromatic heterocycles. The van der Waals surface area contributed by atoms with Crippen molar-refractivity contribution in [3.8, 4) is 22.6 Å². The van der Waals surface area contributed by atoms with E-state index >= 15 is 0 Å². The predicted molar refractivity (Wildman–Crippen MR) is 213 cm³/mol. The van der Waals surface area contributed by atoms with Gasteiger partial charge in [0.1, 0.15) is 23.2 Å². The molecule has 0 saturated carbocycles. The molecule has 59 heavy (non-hydrogen) atoms. The molecule has 7 heterocycles. The molecule has 304 valence electrons. The van der Waals surface area contributed by atoms with E-state index in [0.717, 1.165) is 64.3 Å². The average molecular weight is 802 g/mol. The van der Waals surface area contributed by atoms with Gasteiger partial charge in [-0.2, -0.15) is 0 Å². The van der Waals surface area contributed by atoms with Gasteiger partial charge < -0.3 is 23.7 Å². The Labute approximate surface area is 338 Å². The first-order chi connectivity index (χ1) is 28.6. The van der Waals surface area contributed by atoms with Crippen molar-refractivity contribution >= 4 is 40.1 Å². The number of amides is 4. The Morgan fingerprint density at radius 2 is 1.59 bits per heavy atom. The van der Waals surface area contributed by atoms with Crippen LogP contribution in [0.5, 0.6) is 11.5 Å². The Kier molecular flexibility index (Phi) is 9.92. The summed E-state index contributed by atoms with van der Waals surface area (Å²) < 4.78 is 21.5. The number of nitrogens with zero attached hydrogens (tertiary/aromatic N) is 8. The van der Waals surface area contributed by atoms with Gasteiger partial charge in [0.15, 0.2) is 0 Å². The fraction of sp³-hybridized carbons (Fsp3) is 0.381. The lowest BCUT2D eigenvalue weighted by atomic mass is 9.98. The highest BCUT2D eigenvalue weighted by Gasteiger charge is 2.45. The summed E-state index contributed by atoms with van der Waals surface area (Å²) in [6.45, 7) is 3.86. The van der Waals surface area contributed by atoms with Crippen molar-refractivity contribution in [3.05, 3.63) is 93.9 Å². The van der Waals surface area contributed by atoms with E-state index in [4.69, 9.17) is 14.2 Å². The topological polar surface area (TPSA) is 183 Å². The van der Waals surface area contributed by atoms with Crippen LogP contribution in [0.15, 0.2) is 66.0 Å². The van der Waals surface area contributed by atoms with E-state index in [1.54, 1.807) is 56.4 Å². The minimum absolute atomic E-state index is 0.0463. The highest BCUT2D eigenvalue weighted by atomic mass is 16.5. The number of pyridine rings is 2. The average Bonchev–Trinajstić information content (AvgIpc) is 3.80. The number of fused-ring (bicyclic) bond motifs is 2. The number of carbonyl (C=O) groups is 4. The summed E-state index contributed by atoms with van der Waals surface area (Å²) in [7, 11) is 5.06. The predicted octanol–water partition coefficient (Wildman–Crippen LogP) is 2.85. The molecule has 0 aliphatic carbocycles. The number of anilines is 1. The fourth-order valence-electron chi connectivity index (χ4n) is 8.57. The number of ether oxygens (including phenoxy) is 3. The van der Waals surface area contributed by atoms with Crippen LogP contribution in [-0.2, 0) is 34.5 Å². The first kappa shape index (κ1) is 38.1. The maximum Gasteiger partial charge on any atom is 0.262 e. The van der Waals surface area contributed by atoms with E-state index in [9.17, 15) is 24.0 Å². The first-order valence-electron chi connectivity index (χ1n) is 19.6. The van der Waals surface area contributed by atoms with E-state index in [1.807, 2.05) is 35.3 Å². The van der Waals surface area contributed by atoms with Crippen LogP contribution >= 0.6 is 0 Å². The lowest BCUT2D eigenvalue weighted by Gasteiger charge is -2.40. The van der Waals surface area contributed by atoms with Crippen molar-refractivity contribution in [2.24, 2.45) is 7.05 Å². The second-order valence-electron chi connectivity index (χ2n) is 15.5. The number of rotatable bonds is 11. The molecule has 4 aliphatic rings. The van der Waals surface area contributed by atoms with E-state index < -0.39 is 29.7 Å². The Balaban J connectivity index is 0.776. The number of methoxy groups -OCH3 is 2. The number of likely N-dealkylation sites (tertiary alicyclic amines) is 1. The van der Waals surface area contributed by atoms with E-state index in [-0.39, 0.29) is 41.7 Å². The van der Waals surface area contributed by atoms with Gasteiger partial charge in [-0.15, -0.1) is 5.10 Å². The normalized spacial score (nSPS) is 19.0. The van der Waals surface area contributed by atoms with Crippen LogP contribution in [0.1, 0.15) is 63.7 Å². The molecule has 4 aliphatic heterocycles. The van der Waals surface area contributed by atoms with Gasteiger partial charge in [-0.1, -0.05) is 5.21 Å². The van der Waals surface area contributed by atoms with Gasteiger partial charge in [0.2, 0.25) is 11.8 Å². The van der Waals surface area contributed by atoms with Gasteiger partial charge in [0, 0.05) is 76.0 Å². The number of piperidine rings is 2. The van der Waals surface area contributed by atoms with E-state index in [1.165, 1.54) is 0 Å². The molecular formula is C42H43N9O8. The van der Waals surface area contributed by atoms with Crippen molar-refractivity contribution < 1.29 is 33.4 Å². The number of hydrogen-bond donors (Lipinski definition) is 1. The van der Waals surface area contributed by atoms with Gasteiger partial charge in [-0.3, -0.25) is 44.1 Å². The molecule has 0 bridgehead atoms. The first-order valence-corrected chi connectivity index (χ1v) is 19.6. The molecule has 2 aromatic carbocycles. The summed E-state index contributed by atoms with van der Waals surface area (Å²) in [4.78, 5) is 72.7. The number of benzene rings is 2. The zero-order valence-corrected chi connectivity index (χ0v) is 32.9. The van der Waals surface area contributed by atoms with Crippen LogP contribution in [0, 0.1) is 0 Å². The Morgan fingerprint density at radius 3 is 2.32 bits per heavy atom. The summed E-state index contributed by atoms with van der Waals surface area (Å²) in [5, 5.41) is 12.4. The molecule has 1 atom stereocenters. The van der Waals surface area contributed by atoms with Crippen LogP contribution in [0.4, 0.5) is 5.69 Å². The lowest BCUT2D eigenvalue weighted by molar-refractivity contribution is -0.136. The number of aryl methyl sites for hydroxylation is 1. The van der Waals surface area contributed by atoms with Gasteiger partial charge >= 0.3 is 0 Å². The number of imide groups is 2. The van der Waals surface area contributed by atoms with E-state index in [2.05, 4.69) is 30.4 Å². The van der Waals surface area contributed by atoms with Crippen molar-refractivity contribution in [2.45, 2.75) is 57.0 Å². The molecule has 1 N–H and O–H groups in total. The van der Waals surface area contributed by atoms with Crippen LogP contribution in [-0.4, -0.2) is 111 Å². The minimum atomic E-state index is -0.998. The van der Waals surface area contributed by atoms with Crippen molar-refractivity contribution in [3.63, 3.8) is 0 Å². The van der Waals surface area contributed by atoms with Crippen LogP contribution in [0.2, 0.25) is 0 Å². The van der Waals surface area contributed by atoms with Gasteiger partial charge in [-0.25, -0.2) is 4.68 Å². The van der Waals surface area contributed by atoms with Crippen LogP contribution in [0.3, 0.4) is 0 Å². The molecule has 5 aromatic rings. The molecule has 17 heteroatoms. The molecule has 9 rings (SSSR count). The summed E-state index contributed by atoms with van der Waals surface area (Å²) in [6, 6.07) is 10.2. The maximum atomic E-state index is 13.3. The fourth-order valence-corrected chi connectivity index (χ4v) is 8.57. The summed E-state index contributed by atoms with van der Waals surface area (Å²) in [5.41, 5.74) is 4.66. The van der Waals surface area contributed by atoms with Crippen LogP contribution < -0.4 is 25.2 Å². The smallest absolute Gasteiger partial charge is 0.262 e. The standard InChI is InChI=1S/C42H43N9O8/c1-47-21-33(29-8-11-43-17-32(29)40(47)54)24-14-36(57-2)34(37(15-24)58-3)22-48-12-9-26(10-13-48)50-18-25(45-46-50)23-59-28-19-49(20-28)27-4-5-30-31(16-27)42(56)51(41(30)55)35-6-7-38(52)44-39(35)53/h4-5,8,11,14-18,21,26,28,35H,6-7,9-10,12-13,19-20,22-23H2,1-3H3,(H,44,52,53). The molecule has 3 fully saturated rings. The SMILES string of the molecule is COc1cc(-c2cn(C)c(=O)c3cnccc23)cc(OC)c1CN1CCC(n2cc(COC3CN(c4ccc5c(c4)C(=O)N(C4CCC(=O)NC4=O)C5=O)C3)nn2)CC1. The highest BCUT2D eigenvalue weighted by molar-refractivity contribution is 6.23. The second-order valence-corrected chi connectivity index (χ2v) is 15.5. The highest BCUT2D eigenvalue weighted by Crippen LogP contribution is 2.39. The summed E-state index contributed by atoms with van der Waals surface area (Å²) >= 11 is 0. The molecule has 4 amide bonds. The van der Waals surface area contributed by atoms with Crippen molar-refractivity contribution in [1.29, 1.82) is 0 Å². The number of carbonyl (C=O) groups excluding carboxylic acids is 4. The molecule has 17 nitrogen and oxygen atoms in total. The van der Waals surface area contributed by atoms with Gasteiger partial charge in [0.25, 0.3) is 17.4 Å². The number of nitrogens with one attached hydrogen (secondary N) is 1. The monoisotopic (exact) mass is 801 g/mol. The third kappa shape index (κ3) is 6.99. The Bertz CT molecular complexity index is 2550. The molecule has 0 spiro atoms. The second kappa shape index (κ2) is 15.4. The third-order valence-electron chi connectivity index (χ3n) is 11.9. The quantitative estimate of drug-likeness (QED) is 0.193. The van der Waals surface area contributed by atoms with Gasteiger partial charge in [0.05, 0.1) is 61.2 Å². The Hall–Kier alpha value is -6.46. The zero-order valence-electron chi connectivity index (χ0n) is 32.9. The van der Waals surface area contributed by atoms with Crippen molar-refractivity contribution in [2.75, 3.05) is 45.3 Å². The molecule has 3 saturated heterocycles. The van der Waals surface area contributed by atoms with E-state index in [0.29, 0.717) is 43.1 Å². The summed E-state index contributed by atoms with van der Waals surface area (Å²) in [5.74, 6) is -0.661. The molecule has 1 unspecified atom stereocenters. The van der Waals surface area contributed by atoms with Crippen LogP contribution in [0.25, 0.3) is 21.9 Å². The summed E-state index contributed by atoms with van der Waals surface area (Å²) in [6.07, 6.45) is 9.00.